The smallest absolute Gasteiger partial charge is 0.411 e. The van der Waals surface area contributed by atoms with Gasteiger partial charge in [0.2, 0.25) is 11.8 Å². The third kappa shape index (κ3) is 5.86. The van der Waals surface area contributed by atoms with Crippen LogP contribution >= 0.6 is 0 Å². The summed E-state index contributed by atoms with van der Waals surface area (Å²) < 4.78 is 41.5. The number of anilines is 1. The Morgan fingerprint density at radius 1 is 1.15 bits per heavy atom. The molecule has 3 atom stereocenters. The second kappa shape index (κ2) is 11.1. The van der Waals surface area contributed by atoms with Gasteiger partial charge in [-0.15, -0.1) is 0 Å². The van der Waals surface area contributed by atoms with Crippen LogP contribution < -0.4 is 15.4 Å². The maximum absolute atomic E-state index is 13.0. The maximum Gasteiger partial charge on any atom is 0.411 e. The minimum absolute atomic E-state index is 0.0777. The lowest BCUT2D eigenvalue weighted by Gasteiger charge is -2.29. The molecule has 3 saturated heterocycles. The maximum atomic E-state index is 13.0. The molecule has 2 aromatic carbocycles. The standard InChI is InChI=1S/C28H28F2N4O7/c29-27(30)41-20-6-16(10-33-12-21-9-19(33)14-39-21)5-18(8-20)31-28(38)40-13-15-1-2-17-11-34(26(37)22(17)7-15)23-3-4-24(35)32-25(23)36/h1-2,5-8,19,21,23,27H,3-4,9-14H2,(H,31,38)(H,32,35,36). The molecule has 2 N–H and O–H groups in total. The molecule has 2 aromatic rings. The zero-order valence-electron chi connectivity index (χ0n) is 21.9. The first-order valence-corrected chi connectivity index (χ1v) is 13.4. The number of hydrogen-bond acceptors (Lipinski definition) is 8. The molecule has 13 heteroatoms. The Balaban J connectivity index is 1.08. The van der Waals surface area contributed by atoms with Crippen LogP contribution in [0.5, 0.6) is 5.75 Å². The number of carbonyl (C=O) groups is 4. The Kier molecular flexibility index (Phi) is 7.30. The number of fused-ring (bicyclic) bond motifs is 3. The molecular formula is C28H28F2N4O7. The summed E-state index contributed by atoms with van der Waals surface area (Å²) in [5.41, 5.74) is 2.63. The predicted molar refractivity (Wildman–Crippen MR) is 138 cm³/mol. The van der Waals surface area contributed by atoms with Gasteiger partial charge in [0.25, 0.3) is 5.91 Å². The Morgan fingerprint density at radius 2 is 2.00 bits per heavy atom. The lowest BCUT2D eigenvalue weighted by atomic mass is 10.0. The van der Waals surface area contributed by atoms with E-state index in [2.05, 4.69) is 20.3 Å². The van der Waals surface area contributed by atoms with E-state index in [1.807, 2.05) is 0 Å². The number of halogens is 2. The lowest BCUT2D eigenvalue weighted by molar-refractivity contribution is -0.136. The second-order valence-electron chi connectivity index (χ2n) is 10.6. The molecule has 4 aliphatic heterocycles. The van der Waals surface area contributed by atoms with Gasteiger partial charge in [0.05, 0.1) is 12.7 Å². The van der Waals surface area contributed by atoms with Gasteiger partial charge in [0, 0.05) is 49.4 Å². The molecule has 0 aliphatic carbocycles. The predicted octanol–water partition coefficient (Wildman–Crippen LogP) is 2.77. The van der Waals surface area contributed by atoms with E-state index in [0.717, 1.165) is 18.5 Å². The summed E-state index contributed by atoms with van der Waals surface area (Å²) >= 11 is 0. The van der Waals surface area contributed by atoms with E-state index in [0.29, 0.717) is 29.8 Å². The summed E-state index contributed by atoms with van der Waals surface area (Å²) in [6.45, 7) is -1.04. The van der Waals surface area contributed by atoms with Crippen LogP contribution in [0.1, 0.15) is 46.3 Å². The number of benzene rings is 2. The van der Waals surface area contributed by atoms with Crippen molar-refractivity contribution in [3.8, 4) is 5.75 Å². The average molecular weight is 571 g/mol. The van der Waals surface area contributed by atoms with Crippen molar-refractivity contribution in [1.82, 2.24) is 15.1 Å². The van der Waals surface area contributed by atoms with Gasteiger partial charge in [-0.2, -0.15) is 8.78 Å². The number of nitrogens with zero attached hydrogens (tertiary/aromatic N) is 2. The van der Waals surface area contributed by atoms with E-state index in [4.69, 9.17) is 9.47 Å². The van der Waals surface area contributed by atoms with Crippen molar-refractivity contribution in [2.75, 3.05) is 18.5 Å². The summed E-state index contributed by atoms with van der Waals surface area (Å²) in [6.07, 6.45) is 0.740. The molecule has 0 radical (unpaired) electrons. The lowest BCUT2D eigenvalue weighted by Crippen LogP contribution is -2.52. The Labute approximate surface area is 233 Å². The molecule has 3 unspecified atom stereocenters. The Bertz CT molecular complexity index is 1400. The number of alkyl halides is 2. The van der Waals surface area contributed by atoms with Crippen molar-refractivity contribution in [1.29, 1.82) is 0 Å². The van der Waals surface area contributed by atoms with E-state index >= 15 is 0 Å². The molecule has 0 saturated carbocycles. The third-order valence-electron chi connectivity index (χ3n) is 7.80. The summed E-state index contributed by atoms with van der Waals surface area (Å²) in [5.74, 6) is -1.25. The molecular weight excluding hydrogens is 542 g/mol. The molecule has 0 spiro atoms. The van der Waals surface area contributed by atoms with Crippen molar-refractivity contribution in [2.24, 2.45) is 0 Å². The summed E-state index contributed by atoms with van der Waals surface area (Å²) in [6, 6.07) is 9.13. The minimum Gasteiger partial charge on any atom is -0.444 e. The molecule has 2 bridgehead atoms. The quantitative estimate of drug-likeness (QED) is 0.464. The van der Waals surface area contributed by atoms with Gasteiger partial charge in [-0.1, -0.05) is 12.1 Å². The summed E-state index contributed by atoms with van der Waals surface area (Å²) in [7, 11) is 0. The largest absolute Gasteiger partial charge is 0.444 e. The number of rotatable bonds is 8. The van der Waals surface area contributed by atoms with Gasteiger partial charge >= 0.3 is 12.7 Å². The molecule has 41 heavy (non-hydrogen) atoms. The normalized spacial score (nSPS) is 23.6. The molecule has 4 heterocycles. The number of amides is 4. The van der Waals surface area contributed by atoms with Gasteiger partial charge in [-0.25, -0.2) is 4.79 Å². The van der Waals surface area contributed by atoms with Crippen LogP contribution in [0, 0.1) is 0 Å². The number of nitrogens with one attached hydrogen (secondary N) is 2. The minimum atomic E-state index is -3.02. The fourth-order valence-electron chi connectivity index (χ4n) is 5.90. The Morgan fingerprint density at radius 3 is 2.73 bits per heavy atom. The SMILES string of the molecule is O=C1CCC(N2Cc3ccc(COC(=O)Nc4cc(CN5CC6CC5CO6)cc(OC(F)F)c4)cc3C2=O)C(=O)N1. The first kappa shape index (κ1) is 27.1. The number of imide groups is 1. The number of hydrogen-bond donors (Lipinski definition) is 2. The summed E-state index contributed by atoms with van der Waals surface area (Å²) in [5, 5.41) is 4.84. The highest BCUT2D eigenvalue weighted by atomic mass is 19.3. The van der Waals surface area contributed by atoms with Crippen LogP contribution in [0.4, 0.5) is 19.3 Å². The summed E-state index contributed by atoms with van der Waals surface area (Å²) in [4.78, 5) is 53.0. The fraction of sp³-hybridized carbons (Fsp3) is 0.429. The number of morpholine rings is 1. The number of ether oxygens (including phenoxy) is 3. The average Bonchev–Trinajstić information content (AvgIpc) is 3.62. The van der Waals surface area contributed by atoms with Crippen molar-refractivity contribution in [3.05, 3.63) is 58.7 Å². The number of carbonyl (C=O) groups excluding carboxylic acids is 4. The van der Waals surface area contributed by atoms with Crippen LogP contribution in [-0.2, 0) is 38.8 Å². The van der Waals surface area contributed by atoms with Crippen LogP contribution in [0.2, 0.25) is 0 Å². The van der Waals surface area contributed by atoms with Crippen LogP contribution in [0.3, 0.4) is 0 Å². The van der Waals surface area contributed by atoms with Gasteiger partial charge in [0.15, 0.2) is 0 Å². The van der Waals surface area contributed by atoms with Crippen LogP contribution in [0.25, 0.3) is 0 Å². The first-order valence-electron chi connectivity index (χ1n) is 13.4. The molecule has 4 amide bonds. The van der Waals surface area contributed by atoms with Gasteiger partial charge in [-0.3, -0.25) is 29.9 Å². The van der Waals surface area contributed by atoms with Crippen molar-refractivity contribution >= 4 is 29.5 Å². The van der Waals surface area contributed by atoms with Gasteiger partial charge in [0.1, 0.15) is 18.4 Å². The zero-order chi connectivity index (χ0) is 28.7. The highest BCUT2D eigenvalue weighted by Gasteiger charge is 2.40. The van der Waals surface area contributed by atoms with Crippen LogP contribution in [0.15, 0.2) is 36.4 Å². The third-order valence-corrected chi connectivity index (χ3v) is 7.80. The van der Waals surface area contributed by atoms with Crippen molar-refractivity contribution in [2.45, 2.75) is 63.8 Å². The zero-order valence-corrected chi connectivity index (χ0v) is 21.9. The van der Waals surface area contributed by atoms with E-state index in [9.17, 15) is 28.0 Å². The highest BCUT2D eigenvalue weighted by Crippen LogP contribution is 2.32. The molecule has 216 valence electrons. The second-order valence-corrected chi connectivity index (χ2v) is 10.6. The van der Waals surface area contributed by atoms with E-state index in [1.165, 1.54) is 17.0 Å². The van der Waals surface area contributed by atoms with Crippen molar-refractivity contribution in [3.63, 3.8) is 0 Å². The molecule has 3 fully saturated rings. The topological polar surface area (TPSA) is 127 Å². The molecule has 6 rings (SSSR count). The Hall–Kier alpha value is -4.10. The van der Waals surface area contributed by atoms with Crippen molar-refractivity contribution < 1.29 is 42.2 Å². The van der Waals surface area contributed by atoms with Gasteiger partial charge in [-0.05, 0) is 47.7 Å². The van der Waals surface area contributed by atoms with Crippen LogP contribution in [-0.4, -0.2) is 71.6 Å². The van der Waals surface area contributed by atoms with Gasteiger partial charge < -0.3 is 19.1 Å². The van der Waals surface area contributed by atoms with E-state index < -0.39 is 24.7 Å². The van der Waals surface area contributed by atoms with E-state index in [1.54, 1.807) is 24.3 Å². The molecule has 4 aliphatic rings. The number of likely N-dealkylation sites (tertiary alicyclic amines) is 1. The molecule has 0 aromatic heterocycles. The highest BCUT2D eigenvalue weighted by molar-refractivity contribution is 6.05. The first-order chi connectivity index (χ1) is 19.7. The fourth-order valence-corrected chi connectivity index (χ4v) is 5.90. The molecule has 11 nitrogen and oxygen atoms in total. The monoisotopic (exact) mass is 570 g/mol. The van der Waals surface area contributed by atoms with E-state index in [-0.39, 0.29) is 61.4 Å². The number of piperidine rings is 1.